The molecule has 3 aromatic carbocycles. The smallest absolute Gasteiger partial charge is 0.264 e. The predicted molar refractivity (Wildman–Crippen MR) is 167 cm³/mol. The molecule has 0 radical (unpaired) electrons. The first-order valence-corrected chi connectivity index (χ1v) is 15.9. The Bertz CT molecular complexity index is 1500. The number of anilines is 1. The molecule has 0 aliphatic rings. The molecule has 7 nitrogen and oxygen atoms in total. The van der Waals surface area contributed by atoms with Crippen LogP contribution >= 0.6 is 46.4 Å². The highest BCUT2D eigenvalue weighted by Gasteiger charge is 2.33. The van der Waals surface area contributed by atoms with Crippen molar-refractivity contribution in [2.75, 3.05) is 17.4 Å². The zero-order valence-corrected chi connectivity index (χ0v) is 26.7. The molecule has 12 heteroatoms. The average Bonchev–Trinajstić information content (AvgIpc) is 2.93. The van der Waals surface area contributed by atoms with Crippen LogP contribution in [0.3, 0.4) is 0 Å². The zero-order valence-electron chi connectivity index (χ0n) is 22.8. The molecule has 41 heavy (non-hydrogen) atoms. The number of nitrogens with zero attached hydrogens (tertiary/aromatic N) is 2. The Hall–Kier alpha value is -2.49. The molecule has 0 aromatic heterocycles. The fourth-order valence-corrected chi connectivity index (χ4v) is 6.18. The van der Waals surface area contributed by atoms with Gasteiger partial charge in [0, 0.05) is 13.1 Å². The summed E-state index contributed by atoms with van der Waals surface area (Å²) in [5.74, 6) is -1.01. The lowest BCUT2D eigenvalue weighted by Gasteiger charge is -2.32. The largest absolute Gasteiger partial charge is 0.354 e. The molecular weight excluding hydrogens is 628 g/mol. The molecule has 2 amide bonds. The van der Waals surface area contributed by atoms with E-state index in [1.165, 1.54) is 29.2 Å². The van der Waals surface area contributed by atoms with Gasteiger partial charge in [0.15, 0.2) is 0 Å². The first-order chi connectivity index (χ1) is 19.4. The molecule has 0 bridgehead atoms. The van der Waals surface area contributed by atoms with Gasteiger partial charge in [-0.25, -0.2) is 8.42 Å². The number of sulfonamides is 1. The van der Waals surface area contributed by atoms with Gasteiger partial charge in [-0.2, -0.15) is 0 Å². The number of unbranched alkanes of at least 4 members (excludes halogenated alkanes) is 1. The molecule has 0 fully saturated rings. The summed E-state index contributed by atoms with van der Waals surface area (Å²) in [4.78, 5) is 28.3. The lowest BCUT2D eigenvalue weighted by molar-refractivity contribution is -0.139. The number of hydrogen-bond donors (Lipinski definition) is 1. The second kappa shape index (κ2) is 14.6. The minimum Gasteiger partial charge on any atom is -0.354 e. The Labute approximate surface area is 261 Å². The van der Waals surface area contributed by atoms with Gasteiger partial charge in [-0.15, -0.1) is 0 Å². The minimum absolute atomic E-state index is 0.0280. The second-order valence-electron chi connectivity index (χ2n) is 9.49. The van der Waals surface area contributed by atoms with Crippen molar-refractivity contribution in [3.8, 4) is 0 Å². The highest BCUT2D eigenvalue weighted by atomic mass is 35.5. The topological polar surface area (TPSA) is 86.8 Å². The lowest BCUT2D eigenvalue weighted by Crippen LogP contribution is -2.51. The van der Waals surface area contributed by atoms with Crippen LogP contribution in [0.15, 0.2) is 65.6 Å². The van der Waals surface area contributed by atoms with Crippen molar-refractivity contribution in [1.82, 2.24) is 10.2 Å². The van der Waals surface area contributed by atoms with Crippen molar-refractivity contribution in [2.45, 2.75) is 51.1 Å². The molecule has 3 rings (SSSR count). The predicted octanol–water partition coefficient (Wildman–Crippen LogP) is 7.14. The van der Waals surface area contributed by atoms with Crippen molar-refractivity contribution in [3.63, 3.8) is 0 Å². The molecule has 0 aliphatic heterocycles. The summed E-state index contributed by atoms with van der Waals surface area (Å²) >= 11 is 25.0. The molecular formula is C29H31Cl4N3O4S. The molecule has 1 unspecified atom stereocenters. The van der Waals surface area contributed by atoms with Crippen LogP contribution in [0.4, 0.5) is 5.69 Å². The first-order valence-electron chi connectivity index (χ1n) is 12.9. The van der Waals surface area contributed by atoms with Gasteiger partial charge in [-0.1, -0.05) is 89.6 Å². The molecule has 1 atom stereocenters. The summed E-state index contributed by atoms with van der Waals surface area (Å²) in [5.41, 5.74) is 1.50. The third-order valence-electron chi connectivity index (χ3n) is 6.42. The molecule has 0 saturated heterocycles. The number of aryl methyl sites for hydroxylation is 1. The summed E-state index contributed by atoms with van der Waals surface area (Å²) in [6, 6.07) is 14.7. The summed E-state index contributed by atoms with van der Waals surface area (Å²) < 4.78 is 28.8. The van der Waals surface area contributed by atoms with Gasteiger partial charge in [0.05, 0.1) is 30.7 Å². The summed E-state index contributed by atoms with van der Waals surface area (Å²) in [5, 5.41) is 3.55. The van der Waals surface area contributed by atoms with Gasteiger partial charge >= 0.3 is 0 Å². The fraction of sp³-hybridized carbons (Fsp3) is 0.310. The van der Waals surface area contributed by atoms with Crippen molar-refractivity contribution in [2.24, 2.45) is 0 Å². The van der Waals surface area contributed by atoms with E-state index in [9.17, 15) is 18.0 Å². The number of hydrogen-bond acceptors (Lipinski definition) is 4. The monoisotopic (exact) mass is 657 g/mol. The zero-order chi connectivity index (χ0) is 30.3. The first kappa shape index (κ1) is 33.0. The van der Waals surface area contributed by atoms with E-state index in [0.29, 0.717) is 17.1 Å². The number of carbonyl (C=O) groups is 2. The van der Waals surface area contributed by atoms with Gasteiger partial charge in [0.2, 0.25) is 11.8 Å². The number of halogens is 4. The van der Waals surface area contributed by atoms with E-state index in [-0.39, 0.29) is 38.1 Å². The van der Waals surface area contributed by atoms with E-state index >= 15 is 0 Å². The Balaban J connectivity index is 2.06. The van der Waals surface area contributed by atoms with E-state index in [4.69, 9.17) is 46.4 Å². The Morgan fingerprint density at radius 2 is 1.61 bits per heavy atom. The lowest BCUT2D eigenvalue weighted by atomic mass is 10.1. The Morgan fingerprint density at radius 3 is 2.24 bits per heavy atom. The maximum absolute atomic E-state index is 14.0. The maximum atomic E-state index is 14.0. The molecule has 220 valence electrons. The number of carbonyl (C=O) groups excluding carboxylic acids is 2. The van der Waals surface area contributed by atoms with Crippen LogP contribution in [-0.2, 0) is 26.2 Å². The SMILES string of the molecule is CCCCNC(=O)C(C)N(Cc1ccc(Cl)c(Cl)c1)C(=O)CN(c1cccc(Cl)c1Cl)S(=O)(=O)c1ccc(C)cc1. The Morgan fingerprint density at radius 1 is 0.927 bits per heavy atom. The molecule has 0 aliphatic carbocycles. The van der Waals surface area contributed by atoms with Gasteiger partial charge in [0.25, 0.3) is 10.0 Å². The van der Waals surface area contributed by atoms with E-state index in [0.717, 1.165) is 22.7 Å². The summed E-state index contributed by atoms with van der Waals surface area (Å²) in [7, 11) is -4.28. The standard InChI is InChI=1S/C29H31Cl4N3O4S/c1-4-5-15-34-29(38)20(3)35(17-21-11-14-23(30)25(32)16-21)27(37)18-36(26-8-6-7-24(31)28(26)33)41(39,40)22-12-9-19(2)10-13-22/h6-14,16,20H,4-5,15,17-18H2,1-3H3,(H,34,38). The van der Waals surface area contributed by atoms with E-state index in [1.54, 1.807) is 43.3 Å². The molecule has 0 spiro atoms. The average molecular weight is 659 g/mol. The second-order valence-corrected chi connectivity index (χ2v) is 13.0. The van der Waals surface area contributed by atoms with E-state index in [2.05, 4.69) is 5.32 Å². The number of rotatable bonds is 12. The van der Waals surface area contributed by atoms with Crippen LogP contribution in [0.1, 0.15) is 37.8 Å². The number of nitrogens with one attached hydrogen (secondary N) is 1. The van der Waals surface area contributed by atoms with E-state index in [1.807, 2.05) is 13.8 Å². The third kappa shape index (κ3) is 8.30. The summed E-state index contributed by atoms with van der Waals surface area (Å²) in [6.07, 6.45) is 1.65. The quantitative estimate of drug-likeness (QED) is 0.210. The van der Waals surface area contributed by atoms with Crippen LogP contribution in [0, 0.1) is 6.92 Å². The van der Waals surface area contributed by atoms with Gasteiger partial charge in [-0.3, -0.25) is 13.9 Å². The molecule has 0 saturated carbocycles. The highest BCUT2D eigenvalue weighted by molar-refractivity contribution is 7.92. The van der Waals surface area contributed by atoms with Gasteiger partial charge < -0.3 is 10.2 Å². The van der Waals surface area contributed by atoms with Crippen LogP contribution < -0.4 is 9.62 Å². The molecule has 0 heterocycles. The minimum atomic E-state index is -4.28. The normalized spacial score (nSPS) is 12.1. The molecule has 3 aromatic rings. The van der Waals surface area contributed by atoms with Crippen LogP contribution in [0.5, 0.6) is 0 Å². The van der Waals surface area contributed by atoms with Crippen LogP contribution in [-0.4, -0.2) is 44.3 Å². The Kier molecular flexibility index (Phi) is 11.8. The summed E-state index contributed by atoms with van der Waals surface area (Å²) in [6.45, 7) is 5.19. The van der Waals surface area contributed by atoms with Gasteiger partial charge in [-0.05, 0) is 62.2 Å². The van der Waals surface area contributed by atoms with Gasteiger partial charge in [0.1, 0.15) is 12.6 Å². The third-order valence-corrected chi connectivity index (χ3v) is 9.74. The number of benzene rings is 3. The number of amides is 2. The molecule has 1 N–H and O–H groups in total. The van der Waals surface area contributed by atoms with Crippen molar-refractivity contribution in [3.05, 3.63) is 91.9 Å². The highest BCUT2D eigenvalue weighted by Crippen LogP contribution is 2.35. The van der Waals surface area contributed by atoms with Crippen molar-refractivity contribution in [1.29, 1.82) is 0 Å². The van der Waals surface area contributed by atoms with Crippen molar-refractivity contribution >= 4 is 73.9 Å². The van der Waals surface area contributed by atoms with Crippen LogP contribution in [0.25, 0.3) is 0 Å². The fourth-order valence-electron chi connectivity index (χ4n) is 3.99. The maximum Gasteiger partial charge on any atom is 0.264 e. The van der Waals surface area contributed by atoms with E-state index < -0.39 is 28.5 Å². The van der Waals surface area contributed by atoms with Crippen molar-refractivity contribution < 1.29 is 18.0 Å². The van der Waals surface area contributed by atoms with Crippen LogP contribution in [0.2, 0.25) is 20.1 Å².